The molecule has 2 aromatic carbocycles. The monoisotopic (exact) mass is 362 g/mol. The van der Waals surface area contributed by atoms with E-state index in [1.165, 1.54) is 0 Å². The second kappa shape index (κ2) is 6.27. The molecule has 0 fully saturated rings. The van der Waals surface area contributed by atoms with Crippen molar-refractivity contribution in [3.63, 3.8) is 0 Å². The van der Waals surface area contributed by atoms with Crippen molar-refractivity contribution in [2.24, 2.45) is 0 Å². The fourth-order valence-corrected chi connectivity index (χ4v) is 2.75. The molecule has 0 saturated carbocycles. The topological polar surface area (TPSA) is 59.6 Å². The van der Waals surface area contributed by atoms with Gasteiger partial charge in [0.05, 0.1) is 6.54 Å². The zero-order valence-corrected chi connectivity index (χ0v) is 13.6. The number of ether oxygens (including phenoxy) is 2. The molecule has 114 valence electrons. The molecule has 0 atom stereocenters. The van der Waals surface area contributed by atoms with Gasteiger partial charge in [-0.05, 0) is 52.7 Å². The van der Waals surface area contributed by atoms with Crippen molar-refractivity contribution in [2.75, 3.05) is 24.0 Å². The SMILES string of the molecule is Cc1ccc(NCC(=O)Nc2ccc3c(c2)OCO3)c(Br)c1. The molecule has 1 aliphatic heterocycles. The van der Waals surface area contributed by atoms with Gasteiger partial charge in [-0.1, -0.05) is 6.07 Å². The van der Waals surface area contributed by atoms with E-state index < -0.39 is 0 Å². The summed E-state index contributed by atoms with van der Waals surface area (Å²) in [6.45, 7) is 2.41. The Morgan fingerprint density at radius 3 is 2.82 bits per heavy atom. The van der Waals surface area contributed by atoms with Crippen molar-refractivity contribution in [3.8, 4) is 11.5 Å². The van der Waals surface area contributed by atoms with Crippen molar-refractivity contribution >= 4 is 33.2 Å². The van der Waals surface area contributed by atoms with Crippen LogP contribution in [0.1, 0.15) is 5.56 Å². The molecule has 0 aromatic heterocycles. The quantitative estimate of drug-likeness (QED) is 0.873. The molecule has 1 aliphatic rings. The van der Waals surface area contributed by atoms with E-state index >= 15 is 0 Å². The average molecular weight is 363 g/mol. The van der Waals surface area contributed by atoms with Crippen LogP contribution in [0.3, 0.4) is 0 Å². The number of fused-ring (bicyclic) bond motifs is 1. The number of benzene rings is 2. The lowest BCUT2D eigenvalue weighted by atomic mass is 10.2. The van der Waals surface area contributed by atoms with Crippen LogP contribution in [-0.4, -0.2) is 19.2 Å². The summed E-state index contributed by atoms with van der Waals surface area (Å²) in [5, 5.41) is 5.92. The number of amides is 1. The van der Waals surface area contributed by atoms with Crippen molar-refractivity contribution in [1.82, 2.24) is 0 Å². The summed E-state index contributed by atoms with van der Waals surface area (Å²) < 4.78 is 11.4. The number of anilines is 2. The number of aryl methyl sites for hydroxylation is 1. The van der Waals surface area contributed by atoms with Gasteiger partial charge in [-0.2, -0.15) is 0 Å². The summed E-state index contributed by atoms with van der Waals surface area (Å²) in [5.74, 6) is 1.21. The fourth-order valence-electron chi connectivity index (χ4n) is 2.12. The van der Waals surface area contributed by atoms with Crippen LogP contribution in [0.4, 0.5) is 11.4 Å². The molecule has 0 saturated heterocycles. The maximum Gasteiger partial charge on any atom is 0.243 e. The number of carbonyl (C=O) groups is 1. The number of rotatable bonds is 4. The highest BCUT2D eigenvalue weighted by Gasteiger charge is 2.14. The van der Waals surface area contributed by atoms with Crippen molar-refractivity contribution in [1.29, 1.82) is 0 Å². The third kappa shape index (κ3) is 3.33. The van der Waals surface area contributed by atoms with Crippen LogP contribution >= 0.6 is 15.9 Å². The number of hydrogen-bond acceptors (Lipinski definition) is 4. The summed E-state index contributed by atoms with van der Waals surface area (Å²) in [7, 11) is 0. The van der Waals surface area contributed by atoms with E-state index in [0.29, 0.717) is 17.2 Å². The Labute approximate surface area is 136 Å². The number of nitrogens with one attached hydrogen (secondary N) is 2. The number of hydrogen-bond donors (Lipinski definition) is 2. The number of halogens is 1. The zero-order valence-electron chi connectivity index (χ0n) is 12.0. The minimum absolute atomic E-state index is 0.133. The molecular weight excluding hydrogens is 348 g/mol. The molecule has 1 amide bonds. The van der Waals surface area contributed by atoms with Crippen LogP contribution in [0.15, 0.2) is 40.9 Å². The lowest BCUT2D eigenvalue weighted by molar-refractivity contribution is -0.114. The van der Waals surface area contributed by atoms with Gasteiger partial charge in [0, 0.05) is 21.9 Å². The van der Waals surface area contributed by atoms with Crippen LogP contribution in [0, 0.1) is 6.92 Å². The maximum absolute atomic E-state index is 12.0. The second-order valence-electron chi connectivity index (χ2n) is 4.95. The lowest BCUT2D eigenvalue weighted by Gasteiger charge is -2.10. The van der Waals surface area contributed by atoms with Gasteiger partial charge in [-0.25, -0.2) is 0 Å². The van der Waals surface area contributed by atoms with Gasteiger partial charge in [-0.15, -0.1) is 0 Å². The maximum atomic E-state index is 12.0. The first-order valence-electron chi connectivity index (χ1n) is 6.81. The molecule has 2 N–H and O–H groups in total. The van der Waals surface area contributed by atoms with Crippen LogP contribution in [0.2, 0.25) is 0 Å². The lowest BCUT2D eigenvalue weighted by Crippen LogP contribution is -2.21. The first-order chi connectivity index (χ1) is 10.6. The normalized spacial score (nSPS) is 12.1. The van der Waals surface area contributed by atoms with Gasteiger partial charge in [0.1, 0.15) is 0 Å². The highest BCUT2D eigenvalue weighted by atomic mass is 79.9. The molecule has 0 unspecified atom stereocenters. The molecule has 0 spiro atoms. The van der Waals surface area contributed by atoms with Crippen molar-refractivity contribution in [3.05, 3.63) is 46.4 Å². The van der Waals surface area contributed by atoms with E-state index in [2.05, 4.69) is 26.6 Å². The Balaban J connectivity index is 1.58. The Kier molecular flexibility index (Phi) is 4.20. The summed E-state index contributed by atoms with van der Waals surface area (Å²) in [5.41, 5.74) is 2.72. The van der Waals surface area contributed by atoms with Gasteiger partial charge in [-0.3, -0.25) is 4.79 Å². The highest BCUT2D eigenvalue weighted by molar-refractivity contribution is 9.10. The summed E-state index contributed by atoms with van der Waals surface area (Å²) in [6, 6.07) is 11.2. The first-order valence-corrected chi connectivity index (χ1v) is 7.60. The average Bonchev–Trinajstić information content (AvgIpc) is 2.94. The minimum atomic E-state index is -0.133. The predicted molar refractivity (Wildman–Crippen MR) is 88.6 cm³/mol. The molecule has 0 bridgehead atoms. The molecule has 2 aromatic rings. The molecule has 1 heterocycles. The summed E-state index contributed by atoms with van der Waals surface area (Å²) in [6.07, 6.45) is 0. The molecular formula is C16H15BrN2O3. The first kappa shape index (κ1) is 14.7. The van der Waals surface area contributed by atoms with Crippen molar-refractivity contribution < 1.29 is 14.3 Å². The van der Waals surface area contributed by atoms with E-state index in [1.807, 2.05) is 25.1 Å². The van der Waals surface area contributed by atoms with E-state index in [0.717, 1.165) is 15.7 Å². The highest BCUT2D eigenvalue weighted by Crippen LogP contribution is 2.34. The Morgan fingerprint density at radius 1 is 1.18 bits per heavy atom. The molecule has 22 heavy (non-hydrogen) atoms. The summed E-state index contributed by atoms with van der Waals surface area (Å²) in [4.78, 5) is 12.0. The Morgan fingerprint density at radius 2 is 2.00 bits per heavy atom. The molecule has 0 aliphatic carbocycles. The van der Waals surface area contributed by atoms with Crippen LogP contribution in [0.5, 0.6) is 11.5 Å². The van der Waals surface area contributed by atoms with Gasteiger partial charge >= 0.3 is 0 Å². The Bertz CT molecular complexity index is 719. The molecule has 0 radical (unpaired) electrons. The fraction of sp³-hybridized carbons (Fsp3) is 0.188. The van der Waals surface area contributed by atoms with Gasteiger partial charge in [0.2, 0.25) is 12.7 Å². The van der Waals surface area contributed by atoms with E-state index in [1.54, 1.807) is 18.2 Å². The van der Waals surface area contributed by atoms with E-state index in [9.17, 15) is 4.79 Å². The summed E-state index contributed by atoms with van der Waals surface area (Å²) >= 11 is 3.47. The van der Waals surface area contributed by atoms with E-state index in [-0.39, 0.29) is 19.2 Å². The number of carbonyl (C=O) groups excluding carboxylic acids is 1. The van der Waals surface area contributed by atoms with Gasteiger partial charge in [0.25, 0.3) is 0 Å². The second-order valence-corrected chi connectivity index (χ2v) is 5.81. The van der Waals surface area contributed by atoms with Crippen LogP contribution in [0.25, 0.3) is 0 Å². The molecule has 3 rings (SSSR count). The largest absolute Gasteiger partial charge is 0.454 e. The van der Waals surface area contributed by atoms with Crippen LogP contribution in [-0.2, 0) is 4.79 Å². The smallest absolute Gasteiger partial charge is 0.243 e. The molecule has 6 heteroatoms. The molecule has 5 nitrogen and oxygen atoms in total. The Hall–Kier alpha value is -2.21. The van der Waals surface area contributed by atoms with Crippen LogP contribution < -0.4 is 20.1 Å². The third-order valence-electron chi connectivity index (χ3n) is 3.22. The van der Waals surface area contributed by atoms with E-state index in [4.69, 9.17) is 9.47 Å². The van der Waals surface area contributed by atoms with Gasteiger partial charge in [0.15, 0.2) is 11.5 Å². The predicted octanol–water partition coefficient (Wildman–Crippen LogP) is 3.54. The minimum Gasteiger partial charge on any atom is -0.454 e. The zero-order chi connectivity index (χ0) is 15.5. The van der Waals surface area contributed by atoms with Crippen molar-refractivity contribution in [2.45, 2.75) is 6.92 Å². The van der Waals surface area contributed by atoms with Gasteiger partial charge < -0.3 is 20.1 Å². The third-order valence-corrected chi connectivity index (χ3v) is 3.88. The standard InChI is InChI=1S/C16H15BrN2O3/c1-10-2-4-13(12(17)6-10)18-8-16(20)19-11-3-5-14-15(7-11)22-9-21-14/h2-7,18H,8-9H2,1H3,(H,19,20).